The summed E-state index contributed by atoms with van der Waals surface area (Å²) in [7, 11) is 7.47. The molecule has 0 radical (unpaired) electrons. The monoisotopic (exact) mass is 210 g/mol. The zero-order valence-corrected chi connectivity index (χ0v) is 8.44. The minimum atomic E-state index is 0. The van der Waals surface area contributed by atoms with Crippen molar-refractivity contribution >= 4 is 5.96 Å². The molecule has 0 aromatic heterocycles. The van der Waals surface area contributed by atoms with Crippen molar-refractivity contribution in [3.05, 3.63) is 0 Å². The Morgan fingerprint density at radius 1 is 1.50 bits per heavy atom. The number of hydrogen-bond acceptors (Lipinski definition) is 1. The van der Waals surface area contributed by atoms with Crippen LogP contribution in [0.5, 0.6) is 0 Å². The van der Waals surface area contributed by atoms with Gasteiger partial charge in [-0.3, -0.25) is 9.89 Å². The fraction of sp³-hybridized carbons (Fsp3) is 0.800. The first-order valence-corrected chi connectivity index (χ1v) is 2.80. The van der Waals surface area contributed by atoms with Gasteiger partial charge in [0.1, 0.15) is 0 Å². The molecule has 0 aliphatic rings. The second kappa shape index (κ2) is 5.49. The standard InChI is InChI=1S/C5H14N4.BrH/c1-7-5(8(2)3)9(4)6;/h6H2,1-4H3;1H. The van der Waals surface area contributed by atoms with Crippen LogP contribution in [-0.4, -0.2) is 43.7 Å². The van der Waals surface area contributed by atoms with Crippen molar-refractivity contribution in [2.45, 2.75) is 0 Å². The Morgan fingerprint density at radius 3 is 1.90 bits per heavy atom. The second-order valence-electron chi connectivity index (χ2n) is 2.08. The van der Waals surface area contributed by atoms with Gasteiger partial charge in [0.05, 0.1) is 28.2 Å². The quantitative estimate of drug-likeness (QED) is 0.140. The smallest absolute Gasteiger partial charge is 0.364 e. The number of rotatable bonds is 0. The van der Waals surface area contributed by atoms with E-state index in [2.05, 4.69) is 5.32 Å². The maximum absolute atomic E-state index is 5.44. The Labute approximate surface area is 72.4 Å². The van der Waals surface area contributed by atoms with Crippen LogP contribution in [0.2, 0.25) is 0 Å². The number of hydrazine groups is 1. The van der Waals surface area contributed by atoms with Gasteiger partial charge in [-0.05, 0) is 0 Å². The van der Waals surface area contributed by atoms with E-state index in [0.29, 0.717) is 0 Å². The normalized spacial score (nSPS) is 7.70. The van der Waals surface area contributed by atoms with Crippen molar-refractivity contribution in [2.75, 3.05) is 28.2 Å². The van der Waals surface area contributed by atoms with E-state index in [0.717, 1.165) is 5.96 Å². The Kier molecular flexibility index (Phi) is 6.81. The summed E-state index contributed by atoms with van der Waals surface area (Å²) in [5.74, 6) is 6.32. The highest BCUT2D eigenvalue weighted by Gasteiger charge is 2.06. The Morgan fingerprint density at radius 2 is 1.90 bits per heavy atom. The van der Waals surface area contributed by atoms with Gasteiger partial charge in [-0.15, -0.1) is 0 Å². The zero-order chi connectivity index (χ0) is 7.44. The molecule has 0 aromatic carbocycles. The van der Waals surface area contributed by atoms with Crippen LogP contribution < -0.4 is 28.1 Å². The third-order valence-corrected chi connectivity index (χ3v) is 0.981. The lowest BCUT2D eigenvalue weighted by molar-refractivity contribution is -0.472. The van der Waals surface area contributed by atoms with Gasteiger partial charge in [0.15, 0.2) is 0 Å². The van der Waals surface area contributed by atoms with Gasteiger partial charge in [0, 0.05) is 0 Å². The number of halogens is 1. The number of nitrogens with one attached hydrogen (secondary N) is 1. The van der Waals surface area contributed by atoms with Gasteiger partial charge < -0.3 is 17.0 Å². The predicted molar refractivity (Wildman–Crippen MR) is 38.1 cm³/mol. The van der Waals surface area contributed by atoms with Crippen LogP contribution in [-0.2, 0) is 0 Å². The molecule has 0 saturated heterocycles. The molecule has 0 spiro atoms. The SMILES string of the molecule is CNC(N(C)N)=[N+](C)C.[Br-]. The molecule has 0 unspecified atom stereocenters. The number of nitrogens with zero attached hydrogens (tertiary/aromatic N) is 2. The van der Waals surface area contributed by atoms with Crippen molar-refractivity contribution in [3.8, 4) is 0 Å². The maximum atomic E-state index is 5.44. The summed E-state index contributed by atoms with van der Waals surface area (Å²) in [6, 6.07) is 0. The van der Waals surface area contributed by atoms with Crippen molar-refractivity contribution in [2.24, 2.45) is 5.84 Å². The van der Waals surface area contributed by atoms with E-state index in [4.69, 9.17) is 5.84 Å². The van der Waals surface area contributed by atoms with Gasteiger partial charge in [0.2, 0.25) is 0 Å². The highest BCUT2D eigenvalue weighted by molar-refractivity contribution is 5.73. The zero-order valence-electron chi connectivity index (χ0n) is 6.85. The summed E-state index contributed by atoms with van der Waals surface area (Å²) >= 11 is 0. The molecule has 0 amide bonds. The number of nitrogens with two attached hydrogens (primary N) is 1. The fourth-order valence-electron chi connectivity index (χ4n) is 0.715. The minimum Gasteiger partial charge on any atom is -1.00 e. The fourth-order valence-corrected chi connectivity index (χ4v) is 0.715. The van der Waals surface area contributed by atoms with Crippen LogP contribution in [0.25, 0.3) is 0 Å². The molecule has 10 heavy (non-hydrogen) atoms. The average Bonchev–Trinajstić information content (AvgIpc) is 1.64. The summed E-state index contributed by atoms with van der Waals surface area (Å²) in [5, 5.41) is 4.47. The summed E-state index contributed by atoms with van der Waals surface area (Å²) in [4.78, 5) is 0. The van der Waals surface area contributed by atoms with Gasteiger partial charge >= 0.3 is 5.96 Å². The van der Waals surface area contributed by atoms with E-state index in [1.165, 1.54) is 5.01 Å². The highest BCUT2D eigenvalue weighted by atomic mass is 79.9. The summed E-state index contributed by atoms with van der Waals surface area (Å²) in [6.45, 7) is 0. The largest absolute Gasteiger partial charge is 1.00 e. The molecule has 4 nitrogen and oxygen atoms in total. The minimum absolute atomic E-state index is 0. The third kappa shape index (κ3) is 3.68. The summed E-state index contributed by atoms with van der Waals surface area (Å²) < 4.78 is 1.90. The van der Waals surface area contributed by atoms with Crippen LogP contribution in [0.3, 0.4) is 0 Å². The molecule has 0 heterocycles. The first-order valence-electron chi connectivity index (χ1n) is 2.80. The van der Waals surface area contributed by atoms with Gasteiger partial charge in [0.25, 0.3) is 0 Å². The summed E-state index contributed by atoms with van der Waals surface area (Å²) in [5.41, 5.74) is 0. The van der Waals surface area contributed by atoms with Crippen LogP contribution in [0, 0.1) is 0 Å². The van der Waals surface area contributed by atoms with Crippen molar-refractivity contribution < 1.29 is 21.6 Å². The Hall–Kier alpha value is -0.290. The lowest BCUT2D eigenvalue weighted by Gasteiger charge is -2.08. The molecular weight excluding hydrogens is 196 g/mol. The first kappa shape index (κ1) is 12.4. The Balaban J connectivity index is 0. The topological polar surface area (TPSA) is 44.3 Å². The van der Waals surface area contributed by atoms with E-state index in [9.17, 15) is 0 Å². The lowest BCUT2D eigenvalue weighted by Crippen LogP contribution is -3.00. The second-order valence-corrected chi connectivity index (χ2v) is 2.08. The molecule has 0 aliphatic carbocycles. The van der Waals surface area contributed by atoms with Crippen LogP contribution in [0.15, 0.2) is 0 Å². The molecule has 0 aliphatic heterocycles. The van der Waals surface area contributed by atoms with Crippen LogP contribution >= 0.6 is 0 Å². The molecule has 0 rings (SSSR count). The van der Waals surface area contributed by atoms with Gasteiger partial charge in [-0.1, -0.05) is 0 Å². The van der Waals surface area contributed by atoms with Gasteiger partial charge in [-0.25, -0.2) is 0 Å². The molecule has 62 valence electrons. The predicted octanol–water partition coefficient (Wildman–Crippen LogP) is -4.36. The van der Waals surface area contributed by atoms with Crippen molar-refractivity contribution in [1.82, 2.24) is 10.3 Å². The molecule has 3 N–H and O–H groups in total. The molecule has 0 atom stereocenters. The maximum Gasteiger partial charge on any atom is 0.364 e. The molecule has 0 saturated carbocycles. The number of guanidine groups is 1. The molecule has 5 heteroatoms. The third-order valence-electron chi connectivity index (χ3n) is 0.981. The lowest BCUT2D eigenvalue weighted by atomic mass is 10.8. The van der Waals surface area contributed by atoms with Crippen LogP contribution in [0.4, 0.5) is 0 Å². The number of hydrogen-bond donors (Lipinski definition) is 2. The summed E-state index contributed by atoms with van der Waals surface area (Å²) in [6.07, 6.45) is 0. The van der Waals surface area contributed by atoms with E-state index >= 15 is 0 Å². The van der Waals surface area contributed by atoms with Gasteiger partial charge in [-0.2, -0.15) is 10.9 Å². The first-order chi connectivity index (χ1) is 4.09. The van der Waals surface area contributed by atoms with E-state index in [-0.39, 0.29) is 17.0 Å². The van der Waals surface area contributed by atoms with E-state index in [1.54, 1.807) is 7.05 Å². The van der Waals surface area contributed by atoms with Crippen LogP contribution in [0.1, 0.15) is 0 Å². The molecule has 0 fully saturated rings. The molecular formula is C5H15BrN4. The highest BCUT2D eigenvalue weighted by Crippen LogP contribution is 1.69. The molecule has 0 aromatic rings. The van der Waals surface area contributed by atoms with Crippen molar-refractivity contribution in [3.63, 3.8) is 0 Å². The molecule has 0 bridgehead atoms. The van der Waals surface area contributed by atoms with E-state index in [1.807, 2.05) is 25.7 Å². The average molecular weight is 211 g/mol. The van der Waals surface area contributed by atoms with E-state index < -0.39 is 0 Å². The van der Waals surface area contributed by atoms with Crippen molar-refractivity contribution in [1.29, 1.82) is 0 Å². The Bertz CT molecular complexity index is 117.